The van der Waals surface area contributed by atoms with E-state index < -0.39 is 4.92 Å². The molecule has 0 aliphatic rings. The molecule has 1 aromatic heterocycles. The summed E-state index contributed by atoms with van der Waals surface area (Å²) in [6.07, 6.45) is 3.32. The highest BCUT2D eigenvalue weighted by Crippen LogP contribution is 2.07. The molecule has 0 spiro atoms. The monoisotopic (exact) mass is 227 g/mol. The van der Waals surface area contributed by atoms with Gasteiger partial charge in [-0.2, -0.15) is 4.68 Å². The fourth-order valence-electron chi connectivity index (χ4n) is 1.22. The van der Waals surface area contributed by atoms with Crippen molar-refractivity contribution in [1.29, 1.82) is 0 Å². The molecule has 0 N–H and O–H groups in total. The molecule has 0 fully saturated rings. The van der Waals surface area contributed by atoms with Crippen LogP contribution in [0.15, 0.2) is 12.3 Å². The van der Waals surface area contributed by atoms with Crippen LogP contribution in [0.5, 0.6) is 0 Å². The van der Waals surface area contributed by atoms with Crippen molar-refractivity contribution in [3.63, 3.8) is 0 Å². The molecule has 1 heterocycles. The minimum Gasteiger partial charge on any atom is -0.469 e. The molecule has 16 heavy (non-hydrogen) atoms. The fourth-order valence-corrected chi connectivity index (χ4v) is 1.22. The van der Waals surface area contributed by atoms with E-state index in [0.29, 0.717) is 19.4 Å². The molecule has 1 aromatic rings. The molecule has 7 heteroatoms. The third-order valence-corrected chi connectivity index (χ3v) is 2.06. The third-order valence-electron chi connectivity index (χ3n) is 2.06. The van der Waals surface area contributed by atoms with E-state index in [1.165, 1.54) is 17.9 Å². The summed E-state index contributed by atoms with van der Waals surface area (Å²) in [6, 6.07) is 1.35. The molecule has 1 rings (SSSR count). The molecule has 0 aromatic carbocycles. The lowest BCUT2D eigenvalue weighted by Crippen LogP contribution is -2.03. The van der Waals surface area contributed by atoms with E-state index in [1.807, 2.05) is 0 Å². The summed E-state index contributed by atoms with van der Waals surface area (Å²) >= 11 is 0. The predicted octanol–water partition coefficient (Wildman–Crippen LogP) is 1.13. The molecular weight excluding hydrogens is 214 g/mol. The summed E-state index contributed by atoms with van der Waals surface area (Å²) in [5, 5.41) is 14.1. The van der Waals surface area contributed by atoms with Crippen LogP contribution in [-0.4, -0.2) is 27.8 Å². The predicted molar refractivity (Wildman–Crippen MR) is 54.7 cm³/mol. The van der Waals surface area contributed by atoms with Crippen molar-refractivity contribution in [1.82, 2.24) is 9.78 Å². The SMILES string of the molecule is COC(=O)CCCCn1ccc([N+](=O)[O-])n1. The Labute approximate surface area is 92.2 Å². The van der Waals surface area contributed by atoms with Crippen LogP contribution in [0.3, 0.4) is 0 Å². The number of carbonyl (C=O) groups is 1. The fraction of sp³-hybridized carbons (Fsp3) is 0.556. The number of nitrogens with zero attached hydrogens (tertiary/aromatic N) is 3. The Bertz CT molecular complexity index is 375. The summed E-state index contributed by atoms with van der Waals surface area (Å²) in [6.45, 7) is 0.560. The van der Waals surface area contributed by atoms with Gasteiger partial charge in [0.25, 0.3) is 0 Å². The molecule has 0 saturated heterocycles. The van der Waals surface area contributed by atoms with E-state index in [-0.39, 0.29) is 11.8 Å². The van der Waals surface area contributed by atoms with E-state index in [2.05, 4.69) is 9.84 Å². The number of aromatic nitrogens is 2. The molecule has 0 radical (unpaired) electrons. The molecule has 0 bridgehead atoms. The third kappa shape index (κ3) is 3.68. The van der Waals surface area contributed by atoms with Gasteiger partial charge in [0.15, 0.2) is 0 Å². The van der Waals surface area contributed by atoms with Crippen molar-refractivity contribution in [2.75, 3.05) is 7.11 Å². The van der Waals surface area contributed by atoms with Gasteiger partial charge in [0.05, 0.1) is 31.0 Å². The van der Waals surface area contributed by atoms with Crippen LogP contribution in [-0.2, 0) is 16.1 Å². The average molecular weight is 227 g/mol. The lowest BCUT2D eigenvalue weighted by atomic mass is 10.2. The Hall–Kier alpha value is -1.92. The van der Waals surface area contributed by atoms with Crippen molar-refractivity contribution >= 4 is 11.8 Å². The van der Waals surface area contributed by atoms with Gasteiger partial charge < -0.3 is 14.9 Å². The zero-order chi connectivity index (χ0) is 12.0. The van der Waals surface area contributed by atoms with Gasteiger partial charge in [0, 0.05) is 6.42 Å². The Balaban J connectivity index is 2.27. The summed E-state index contributed by atoms with van der Waals surface area (Å²) in [4.78, 5) is 20.6. The second-order valence-corrected chi connectivity index (χ2v) is 3.23. The van der Waals surface area contributed by atoms with E-state index in [4.69, 9.17) is 0 Å². The second kappa shape index (κ2) is 5.84. The van der Waals surface area contributed by atoms with Crippen molar-refractivity contribution in [2.45, 2.75) is 25.8 Å². The Morgan fingerprint density at radius 3 is 2.94 bits per heavy atom. The van der Waals surface area contributed by atoms with Gasteiger partial charge in [0.1, 0.15) is 0 Å². The smallest absolute Gasteiger partial charge is 0.389 e. The van der Waals surface area contributed by atoms with Gasteiger partial charge >= 0.3 is 11.8 Å². The quantitative estimate of drug-likeness (QED) is 0.314. The lowest BCUT2D eigenvalue weighted by molar-refractivity contribution is -0.389. The maximum Gasteiger partial charge on any atom is 0.389 e. The minimum absolute atomic E-state index is 0.159. The lowest BCUT2D eigenvalue weighted by Gasteiger charge is -1.98. The highest BCUT2D eigenvalue weighted by atomic mass is 16.6. The first-order valence-electron chi connectivity index (χ1n) is 4.88. The molecule has 88 valence electrons. The van der Waals surface area contributed by atoms with E-state index in [1.54, 1.807) is 6.20 Å². The van der Waals surface area contributed by atoms with E-state index in [0.717, 1.165) is 6.42 Å². The first kappa shape index (κ1) is 12.2. The Morgan fingerprint density at radius 2 is 2.38 bits per heavy atom. The number of nitro groups is 1. The molecule has 0 aliphatic carbocycles. The van der Waals surface area contributed by atoms with Crippen molar-refractivity contribution < 1.29 is 14.5 Å². The summed E-state index contributed by atoms with van der Waals surface area (Å²) in [5.74, 6) is -0.403. The van der Waals surface area contributed by atoms with Crippen molar-refractivity contribution in [3.8, 4) is 0 Å². The number of rotatable bonds is 6. The van der Waals surface area contributed by atoms with Crippen LogP contribution in [0.2, 0.25) is 0 Å². The summed E-state index contributed by atoms with van der Waals surface area (Å²) < 4.78 is 5.98. The van der Waals surface area contributed by atoms with Crippen molar-refractivity contribution in [2.24, 2.45) is 0 Å². The van der Waals surface area contributed by atoms with Gasteiger partial charge in [-0.25, -0.2) is 0 Å². The first-order valence-corrected chi connectivity index (χ1v) is 4.88. The van der Waals surface area contributed by atoms with Gasteiger partial charge in [-0.1, -0.05) is 0 Å². The maximum atomic E-state index is 10.8. The number of methoxy groups -OCH3 is 1. The average Bonchev–Trinajstić information content (AvgIpc) is 2.72. The normalized spacial score (nSPS) is 10.1. The number of aryl methyl sites for hydroxylation is 1. The van der Waals surface area contributed by atoms with Crippen LogP contribution < -0.4 is 0 Å². The van der Waals surface area contributed by atoms with Gasteiger partial charge in [-0.05, 0) is 17.8 Å². The number of ether oxygens (including phenoxy) is 1. The maximum absolute atomic E-state index is 10.8. The molecule has 0 aliphatic heterocycles. The van der Waals surface area contributed by atoms with Crippen LogP contribution >= 0.6 is 0 Å². The minimum atomic E-state index is -0.537. The van der Waals surface area contributed by atoms with Gasteiger partial charge in [-0.15, -0.1) is 0 Å². The first-order chi connectivity index (χ1) is 7.63. The molecule has 7 nitrogen and oxygen atoms in total. The standard InChI is InChI=1S/C9H13N3O4/c1-16-9(13)4-2-3-6-11-7-5-8(10-11)12(14)15/h5,7H,2-4,6H2,1H3. The number of esters is 1. The number of carbonyl (C=O) groups excluding carboxylic acids is 1. The number of hydrogen-bond acceptors (Lipinski definition) is 5. The zero-order valence-corrected chi connectivity index (χ0v) is 8.96. The van der Waals surface area contributed by atoms with Crippen LogP contribution in [0, 0.1) is 10.1 Å². The largest absolute Gasteiger partial charge is 0.469 e. The number of unbranched alkanes of at least 4 members (excludes halogenated alkanes) is 1. The van der Waals surface area contributed by atoms with E-state index >= 15 is 0 Å². The molecule has 0 amide bonds. The van der Waals surface area contributed by atoms with Crippen LogP contribution in [0.25, 0.3) is 0 Å². The van der Waals surface area contributed by atoms with Crippen LogP contribution in [0.4, 0.5) is 5.82 Å². The summed E-state index contributed by atoms with van der Waals surface area (Å²) in [7, 11) is 1.35. The highest BCUT2D eigenvalue weighted by Gasteiger charge is 2.10. The molecular formula is C9H13N3O4. The summed E-state index contributed by atoms with van der Waals surface area (Å²) in [5.41, 5.74) is 0. The van der Waals surface area contributed by atoms with E-state index in [9.17, 15) is 14.9 Å². The van der Waals surface area contributed by atoms with Gasteiger partial charge in [-0.3, -0.25) is 4.79 Å². The van der Waals surface area contributed by atoms with Gasteiger partial charge in [0.2, 0.25) is 0 Å². The van der Waals surface area contributed by atoms with Crippen LogP contribution in [0.1, 0.15) is 19.3 Å². The van der Waals surface area contributed by atoms with Crippen molar-refractivity contribution in [3.05, 3.63) is 22.4 Å². The Morgan fingerprint density at radius 1 is 1.62 bits per heavy atom. The highest BCUT2D eigenvalue weighted by molar-refractivity contribution is 5.68. The molecule has 0 unspecified atom stereocenters. The topological polar surface area (TPSA) is 87.3 Å². The Kier molecular flexibility index (Phi) is 4.43. The second-order valence-electron chi connectivity index (χ2n) is 3.23. The molecule has 0 saturated carbocycles. The zero-order valence-electron chi connectivity index (χ0n) is 8.96. The molecule has 0 atom stereocenters. The number of hydrogen-bond donors (Lipinski definition) is 0.